The summed E-state index contributed by atoms with van der Waals surface area (Å²) in [7, 11) is 1.62. The van der Waals surface area contributed by atoms with Gasteiger partial charge in [0.05, 0.1) is 0 Å². The fourth-order valence-corrected chi connectivity index (χ4v) is 4.39. The van der Waals surface area contributed by atoms with Crippen LogP contribution in [0.25, 0.3) is 16.9 Å². The first-order chi connectivity index (χ1) is 14.0. The van der Waals surface area contributed by atoms with Crippen molar-refractivity contribution in [1.29, 1.82) is 0 Å². The molecule has 0 atom stereocenters. The van der Waals surface area contributed by atoms with Crippen LogP contribution in [0.5, 0.6) is 0 Å². The van der Waals surface area contributed by atoms with Crippen LogP contribution in [0.15, 0.2) is 40.1 Å². The predicted octanol–water partition coefficient (Wildman–Crippen LogP) is 1.43. The molecular formula is C21H24N6O2. The van der Waals surface area contributed by atoms with Crippen molar-refractivity contribution in [3.8, 4) is 0 Å². The SMILES string of the molecule is Cc1cn2c3c(=O)[nH]c(=O)n(C)c3nc2n1CCCN1CCc2ccccc2C1. The molecule has 8 nitrogen and oxygen atoms in total. The third-order valence-corrected chi connectivity index (χ3v) is 5.98. The van der Waals surface area contributed by atoms with Crippen LogP contribution in [-0.2, 0) is 26.6 Å². The largest absolute Gasteiger partial charge is 0.329 e. The number of aromatic amines is 1. The van der Waals surface area contributed by atoms with Crippen LogP contribution in [0, 0.1) is 6.92 Å². The third kappa shape index (κ3) is 2.91. The van der Waals surface area contributed by atoms with Gasteiger partial charge in [-0.05, 0) is 30.9 Å². The molecule has 29 heavy (non-hydrogen) atoms. The van der Waals surface area contributed by atoms with E-state index in [9.17, 15) is 9.59 Å². The molecule has 0 aliphatic carbocycles. The molecule has 1 N–H and O–H groups in total. The molecule has 0 saturated heterocycles. The predicted molar refractivity (Wildman–Crippen MR) is 111 cm³/mol. The van der Waals surface area contributed by atoms with Gasteiger partial charge in [0.25, 0.3) is 5.56 Å². The van der Waals surface area contributed by atoms with E-state index in [4.69, 9.17) is 0 Å². The van der Waals surface area contributed by atoms with Gasteiger partial charge in [0.1, 0.15) is 0 Å². The van der Waals surface area contributed by atoms with Crippen molar-refractivity contribution < 1.29 is 0 Å². The number of nitrogens with zero attached hydrogens (tertiary/aromatic N) is 5. The summed E-state index contributed by atoms with van der Waals surface area (Å²) >= 11 is 0. The number of rotatable bonds is 4. The minimum Gasteiger partial charge on any atom is -0.314 e. The summed E-state index contributed by atoms with van der Waals surface area (Å²) in [4.78, 5) is 33.7. The quantitative estimate of drug-likeness (QED) is 0.570. The van der Waals surface area contributed by atoms with E-state index in [1.165, 1.54) is 15.7 Å². The van der Waals surface area contributed by atoms with Gasteiger partial charge >= 0.3 is 5.69 Å². The van der Waals surface area contributed by atoms with Gasteiger partial charge in [-0.1, -0.05) is 24.3 Å². The Hall–Kier alpha value is -3.13. The first-order valence-electron chi connectivity index (χ1n) is 9.99. The van der Waals surface area contributed by atoms with Gasteiger partial charge in [-0.25, -0.2) is 4.79 Å². The van der Waals surface area contributed by atoms with Crippen molar-refractivity contribution in [1.82, 2.24) is 28.4 Å². The summed E-state index contributed by atoms with van der Waals surface area (Å²) in [5.41, 5.74) is 3.92. The molecule has 1 aliphatic rings. The number of imidazole rings is 2. The van der Waals surface area contributed by atoms with Crippen LogP contribution in [0.3, 0.4) is 0 Å². The zero-order chi connectivity index (χ0) is 20.1. The highest BCUT2D eigenvalue weighted by atomic mass is 16.2. The topological polar surface area (TPSA) is 80.3 Å². The Bertz CT molecular complexity index is 1340. The lowest BCUT2D eigenvalue weighted by Crippen LogP contribution is -2.31. The van der Waals surface area contributed by atoms with E-state index >= 15 is 0 Å². The van der Waals surface area contributed by atoms with E-state index in [2.05, 4.69) is 43.7 Å². The number of aromatic nitrogens is 5. The third-order valence-electron chi connectivity index (χ3n) is 5.98. The van der Waals surface area contributed by atoms with Gasteiger partial charge in [0, 0.05) is 45.1 Å². The average molecular weight is 392 g/mol. The zero-order valence-electron chi connectivity index (χ0n) is 16.7. The monoisotopic (exact) mass is 392 g/mol. The molecule has 0 amide bonds. The normalized spacial score (nSPS) is 14.7. The molecule has 1 aliphatic heterocycles. The lowest BCUT2D eigenvalue weighted by molar-refractivity contribution is 0.246. The second-order valence-corrected chi connectivity index (χ2v) is 7.84. The molecule has 0 unspecified atom stereocenters. The maximum absolute atomic E-state index is 12.3. The van der Waals surface area contributed by atoms with Gasteiger partial charge < -0.3 is 4.57 Å². The maximum Gasteiger partial charge on any atom is 0.329 e. The standard InChI is InChI=1S/C21H24N6O2/c1-14-12-27-17-18(24(2)21(29)23-19(17)28)22-20(27)26(14)10-5-9-25-11-8-15-6-3-4-7-16(15)13-25/h3-4,6-7,12H,5,8-11,13H2,1-2H3,(H,23,28,29). The van der Waals surface area contributed by atoms with Crippen LogP contribution in [-0.4, -0.2) is 41.5 Å². The average Bonchev–Trinajstić information content (AvgIpc) is 3.22. The molecule has 0 saturated carbocycles. The Labute approximate surface area is 167 Å². The molecule has 4 heterocycles. The number of H-pyrrole nitrogens is 1. The van der Waals surface area contributed by atoms with Gasteiger partial charge in [0.2, 0.25) is 5.78 Å². The number of nitrogens with one attached hydrogen (secondary N) is 1. The Balaban J connectivity index is 1.39. The molecule has 0 radical (unpaired) electrons. The van der Waals surface area contributed by atoms with Crippen LogP contribution in [0.2, 0.25) is 0 Å². The van der Waals surface area contributed by atoms with Crippen molar-refractivity contribution in [2.24, 2.45) is 7.05 Å². The maximum atomic E-state index is 12.3. The van der Waals surface area contributed by atoms with Gasteiger partial charge in [-0.3, -0.25) is 23.6 Å². The number of hydrogen-bond acceptors (Lipinski definition) is 4. The highest BCUT2D eigenvalue weighted by Gasteiger charge is 2.18. The van der Waals surface area contributed by atoms with Crippen molar-refractivity contribution in [3.63, 3.8) is 0 Å². The smallest absolute Gasteiger partial charge is 0.314 e. The summed E-state index contributed by atoms with van der Waals surface area (Å²) in [5, 5.41) is 0. The van der Waals surface area contributed by atoms with E-state index < -0.39 is 11.2 Å². The molecule has 0 fully saturated rings. The molecule has 8 heteroatoms. The first kappa shape index (κ1) is 17.9. The van der Waals surface area contributed by atoms with Crippen molar-refractivity contribution in [3.05, 3.63) is 68.1 Å². The van der Waals surface area contributed by atoms with Crippen molar-refractivity contribution in [2.75, 3.05) is 13.1 Å². The molecule has 0 bridgehead atoms. The van der Waals surface area contributed by atoms with E-state index in [1.807, 2.05) is 13.1 Å². The van der Waals surface area contributed by atoms with Crippen molar-refractivity contribution in [2.45, 2.75) is 32.9 Å². The highest BCUT2D eigenvalue weighted by molar-refractivity contribution is 5.75. The van der Waals surface area contributed by atoms with E-state index in [0.29, 0.717) is 16.9 Å². The van der Waals surface area contributed by atoms with Gasteiger partial charge in [-0.2, -0.15) is 4.98 Å². The lowest BCUT2D eigenvalue weighted by Gasteiger charge is -2.28. The molecular weight excluding hydrogens is 368 g/mol. The van der Waals surface area contributed by atoms with Crippen LogP contribution >= 0.6 is 0 Å². The zero-order valence-corrected chi connectivity index (χ0v) is 16.7. The molecule has 5 rings (SSSR count). The molecule has 4 aromatic rings. The van der Waals surface area contributed by atoms with Gasteiger partial charge in [-0.15, -0.1) is 0 Å². The second-order valence-electron chi connectivity index (χ2n) is 7.84. The Morgan fingerprint density at radius 3 is 2.76 bits per heavy atom. The highest BCUT2D eigenvalue weighted by Crippen LogP contribution is 2.20. The van der Waals surface area contributed by atoms with E-state index in [-0.39, 0.29) is 0 Å². The molecule has 0 spiro atoms. The first-order valence-corrected chi connectivity index (χ1v) is 9.99. The van der Waals surface area contributed by atoms with E-state index in [1.54, 1.807) is 11.4 Å². The van der Waals surface area contributed by atoms with Crippen molar-refractivity contribution >= 4 is 16.9 Å². The Morgan fingerprint density at radius 1 is 1.14 bits per heavy atom. The Morgan fingerprint density at radius 2 is 1.93 bits per heavy atom. The number of aryl methyl sites for hydroxylation is 3. The van der Waals surface area contributed by atoms with E-state index in [0.717, 1.165) is 44.7 Å². The lowest BCUT2D eigenvalue weighted by atomic mass is 10.00. The summed E-state index contributed by atoms with van der Waals surface area (Å²) in [5.74, 6) is 0.702. The van der Waals surface area contributed by atoms with Gasteiger partial charge in [0.15, 0.2) is 11.2 Å². The molecule has 150 valence electrons. The van der Waals surface area contributed by atoms with Crippen LogP contribution < -0.4 is 11.2 Å². The molecule has 3 aromatic heterocycles. The number of fused-ring (bicyclic) bond motifs is 4. The summed E-state index contributed by atoms with van der Waals surface area (Å²) in [6, 6.07) is 8.67. The minimum absolute atomic E-state index is 0.403. The summed E-state index contributed by atoms with van der Waals surface area (Å²) in [6.45, 7) is 5.93. The fraction of sp³-hybridized carbons (Fsp3) is 0.381. The fourth-order valence-electron chi connectivity index (χ4n) is 4.39. The number of hydrogen-bond donors (Lipinski definition) is 1. The Kier molecular flexibility index (Phi) is 4.16. The number of benzene rings is 1. The molecule has 1 aromatic carbocycles. The van der Waals surface area contributed by atoms with Crippen LogP contribution in [0.4, 0.5) is 0 Å². The van der Waals surface area contributed by atoms with Crippen LogP contribution in [0.1, 0.15) is 23.2 Å². The summed E-state index contributed by atoms with van der Waals surface area (Å²) < 4.78 is 5.30. The second kappa shape index (κ2) is 6.73. The minimum atomic E-state index is -0.447. The summed E-state index contributed by atoms with van der Waals surface area (Å²) in [6.07, 6.45) is 4.01.